The van der Waals surface area contributed by atoms with Gasteiger partial charge < -0.3 is 29.4 Å². The maximum absolute atomic E-state index is 13.0. The van der Waals surface area contributed by atoms with E-state index in [-0.39, 0.29) is 27.0 Å². The highest BCUT2D eigenvalue weighted by atomic mass is 32.2. The van der Waals surface area contributed by atoms with Gasteiger partial charge >= 0.3 is 17.4 Å². The third kappa shape index (κ3) is 11.2. The highest BCUT2D eigenvalue weighted by Crippen LogP contribution is 2.37. The van der Waals surface area contributed by atoms with Crippen LogP contribution in [-0.4, -0.2) is 81.1 Å². The number of ether oxygens (including phenoxy) is 5. The normalized spacial score (nSPS) is 12.4. The minimum atomic E-state index is -4.85. The molecule has 0 bridgehead atoms. The average Bonchev–Trinajstić information content (AvgIpc) is 3.09. The van der Waals surface area contributed by atoms with Gasteiger partial charge in [0.15, 0.2) is 37.8 Å². The molecule has 0 aliphatic carbocycles. The van der Waals surface area contributed by atoms with Crippen LogP contribution < -0.4 is 25.1 Å². The fourth-order valence-electron chi connectivity index (χ4n) is 4.67. The van der Waals surface area contributed by atoms with Crippen molar-refractivity contribution in [3.8, 4) is 28.4 Å². The second kappa shape index (κ2) is 17.1. The zero-order chi connectivity index (χ0) is 39.0. The predicted octanol–water partition coefficient (Wildman–Crippen LogP) is 2.97. The molecule has 18 heteroatoms. The van der Waals surface area contributed by atoms with Gasteiger partial charge in [0.25, 0.3) is 10.0 Å². The van der Waals surface area contributed by atoms with E-state index < -0.39 is 78.4 Å². The summed E-state index contributed by atoms with van der Waals surface area (Å²) in [7, 11) is -11.0. The minimum Gasteiger partial charge on any atom is -0.497 e. The average molecular weight is 791 g/mol. The summed E-state index contributed by atoms with van der Waals surface area (Å²) < 4.78 is 102. The van der Waals surface area contributed by atoms with E-state index in [0.29, 0.717) is 16.9 Å². The molecule has 4 aromatic rings. The Morgan fingerprint density at radius 2 is 1.25 bits per heavy atom. The third-order valence-corrected chi connectivity index (χ3v) is 11.8. The van der Waals surface area contributed by atoms with E-state index in [0.717, 1.165) is 11.1 Å². The highest BCUT2D eigenvalue weighted by molar-refractivity contribution is 7.91. The molecule has 0 saturated carbocycles. The Morgan fingerprint density at radius 3 is 1.75 bits per heavy atom. The lowest BCUT2D eigenvalue weighted by molar-refractivity contribution is -0.148. The molecular formula is C35H38N2O13S3. The van der Waals surface area contributed by atoms with Gasteiger partial charge in [0.1, 0.15) is 19.0 Å². The number of nitrogens with two attached hydrogens (primary N) is 2. The summed E-state index contributed by atoms with van der Waals surface area (Å²) in [6, 6.07) is 20.9. The maximum atomic E-state index is 13.0. The van der Waals surface area contributed by atoms with Crippen molar-refractivity contribution >= 4 is 47.3 Å². The van der Waals surface area contributed by atoms with Gasteiger partial charge in [0, 0.05) is 17.3 Å². The summed E-state index contributed by atoms with van der Waals surface area (Å²) in [5.41, 5.74) is 6.57. The van der Waals surface area contributed by atoms with Crippen LogP contribution in [0.3, 0.4) is 0 Å². The minimum absolute atomic E-state index is 0.0239. The molecule has 0 fully saturated rings. The summed E-state index contributed by atoms with van der Waals surface area (Å²) in [6.45, 7) is 1.56. The van der Waals surface area contributed by atoms with E-state index in [4.69, 9.17) is 34.6 Å². The van der Waals surface area contributed by atoms with Gasteiger partial charge in [-0.15, -0.1) is 0 Å². The van der Waals surface area contributed by atoms with E-state index in [1.165, 1.54) is 49.6 Å². The van der Waals surface area contributed by atoms with E-state index in [1.54, 1.807) is 56.3 Å². The quantitative estimate of drug-likeness (QED) is 0.116. The molecule has 0 aliphatic rings. The van der Waals surface area contributed by atoms with Gasteiger partial charge in [-0.05, 0) is 67.9 Å². The molecule has 15 nitrogen and oxygen atoms in total. The molecule has 0 amide bonds. The van der Waals surface area contributed by atoms with E-state index in [9.17, 15) is 34.8 Å². The van der Waals surface area contributed by atoms with E-state index >= 15 is 0 Å². The number of sulfonamides is 1. The molecule has 1 unspecified atom stereocenters. The summed E-state index contributed by atoms with van der Waals surface area (Å²) in [6.07, 6.45) is 0. The molecule has 1 atom stereocenters. The van der Waals surface area contributed by atoms with Gasteiger partial charge in [-0.2, -0.15) is 0 Å². The zero-order valence-electron chi connectivity index (χ0n) is 28.9. The molecule has 4 aromatic carbocycles. The second-order valence-electron chi connectivity index (χ2n) is 11.6. The van der Waals surface area contributed by atoms with Gasteiger partial charge in [-0.1, -0.05) is 41.5 Å². The summed E-state index contributed by atoms with van der Waals surface area (Å²) in [4.78, 5) is 25.6. The number of hydrogen-bond donors (Lipinski definition) is 2. The fourth-order valence-corrected chi connectivity index (χ4v) is 7.42. The molecule has 0 radical (unpaired) electrons. The Morgan fingerprint density at radius 1 is 0.698 bits per heavy atom. The van der Waals surface area contributed by atoms with Crippen LogP contribution in [0.25, 0.3) is 11.1 Å². The Balaban J connectivity index is 1.52. The van der Waals surface area contributed by atoms with Crippen LogP contribution in [0, 0.1) is 13.8 Å². The van der Waals surface area contributed by atoms with Crippen molar-refractivity contribution in [2.75, 3.05) is 44.2 Å². The topological polar surface area (TPSA) is 235 Å². The van der Waals surface area contributed by atoms with Crippen molar-refractivity contribution in [3.63, 3.8) is 0 Å². The smallest absolute Gasteiger partial charge is 0.365 e. The molecule has 0 saturated heterocycles. The van der Waals surface area contributed by atoms with E-state index in [2.05, 4.69) is 0 Å². The molecule has 53 heavy (non-hydrogen) atoms. The number of nitrogen functional groups attached to an aromatic ring is 1. The number of primary sulfonamides is 1. The van der Waals surface area contributed by atoms with Crippen LogP contribution in [0.1, 0.15) is 11.1 Å². The van der Waals surface area contributed by atoms with Crippen molar-refractivity contribution < 1.29 is 58.5 Å². The Kier molecular flexibility index (Phi) is 13.1. The molecular weight excluding hydrogens is 753 g/mol. The van der Waals surface area contributed by atoms with Gasteiger partial charge in [-0.25, -0.2) is 40.0 Å². The first-order valence-electron chi connectivity index (χ1n) is 15.7. The first-order chi connectivity index (χ1) is 24.9. The lowest BCUT2D eigenvalue weighted by Crippen LogP contribution is -2.42. The van der Waals surface area contributed by atoms with Gasteiger partial charge in [-0.3, -0.25) is 0 Å². The van der Waals surface area contributed by atoms with Crippen LogP contribution in [0.4, 0.5) is 5.69 Å². The lowest BCUT2D eigenvalue weighted by Gasteiger charge is -2.19. The zero-order valence-corrected chi connectivity index (χ0v) is 31.3. The number of esters is 2. The lowest BCUT2D eigenvalue weighted by atomic mass is 10.0. The number of sulfone groups is 2. The van der Waals surface area contributed by atoms with Gasteiger partial charge in [0.05, 0.1) is 28.4 Å². The number of hydrogen-bond acceptors (Lipinski definition) is 14. The molecule has 0 aliphatic heterocycles. The Bertz CT molecular complexity index is 2280. The number of methoxy groups -OCH3 is 1. The molecule has 284 valence electrons. The largest absolute Gasteiger partial charge is 0.497 e. The molecule has 0 heterocycles. The SMILES string of the molecule is COc1ccc(-c2ccc(OC(C(=O)OCCS(=O)(=O)c3ccc(C)cc3)S(N)(=O)=O)c(OCC(=O)OCCS(=O)(=O)c3ccc(C)cc3)c2)c(N)c1. The fraction of sp³-hybridized carbons (Fsp3) is 0.257. The third-order valence-electron chi connectivity index (χ3n) is 7.56. The first kappa shape index (κ1) is 40.6. The summed E-state index contributed by atoms with van der Waals surface area (Å²) in [5.74, 6) is -3.87. The van der Waals surface area contributed by atoms with Crippen LogP contribution in [0.15, 0.2) is 94.7 Å². The van der Waals surface area contributed by atoms with E-state index in [1.807, 2.05) is 0 Å². The van der Waals surface area contributed by atoms with Crippen LogP contribution in [0.5, 0.6) is 17.2 Å². The first-order valence-corrected chi connectivity index (χ1v) is 20.6. The monoisotopic (exact) mass is 790 g/mol. The second-order valence-corrected chi connectivity index (χ2v) is 17.4. The van der Waals surface area contributed by atoms with Gasteiger partial charge in [0.2, 0.25) is 0 Å². The van der Waals surface area contributed by atoms with Crippen LogP contribution in [-0.2, 0) is 48.8 Å². The number of anilines is 1. The van der Waals surface area contributed by atoms with Crippen molar-refractivity contribution in [2.45, 2.75) is 29.1 Å². The Labute approximate surface area is 307 Å². The standard InChI is InChI=1S/C35H38N2O13S3/c1-23-4-10-27(11-5-23)51(40,41)18-16-47-33(38)22-49-32-20-25(29-14-9-26(46-3)21-30(29)36)8-15-31(32)50-35(53(37,44)45)34(39)48-17-19-52(42,43)28-12-6-24(2)7-13-28/h4-15,20-21,35H,16-19,22,36H2,1-3H3,(H2,37,44,45). The highest BCUT2D eigenvalue weighted by Gasteiger charge is 2.35. The van der Waals surface area contributed by atoms with Crippen molar-refractivity contribution in [2.24, 2.45) is 5.14 Å². The van der Waals surface area contributed by atoms with Crippen molar-refractivity contribution in [3.05, 3.63) is 96.1 Å². The maximum Gasteiger partial charge on any atom is 0.365 e. The van der Waals surface area contributed by atoms with Crippen LogP contribution >= 0.6 is 0 Å². The number of aryl methyl sites for hydroxylation is 2. The molecule has 0 spiro atoms. The summed E-state index contributed by atoms with van der Waals surface area (Å²) in [5, 5.41) is 5.31. The number of carbonyl (C=O) groups excluding carboxylic acids is 2. The number of rotatable bonds is 17. The number of carbonyl (C=O) groups is 2. The predicted molar refractivity (Wildman–Crippen MR) is 194 cm³/mol. The van der Waals surface area contributed by atoms with Crippen LogP contribution in [0.2, 0.25) is 0 Å². The van der Waals surface area contributed by atoms with Crippen molar-refractivity contribution in [1.82, 2.24) is 0 Å². The van der Waals surface area contributed by atoms with Crippen molar-refractivity contribution in [1.29, 1.82) is 0 Å². The molecule has 4 rings (SSSR count). The summed E-state index contributed by atoms with van der Waals surface area (Å²) >= 11 is 0. The number of benzene rings is 4. The Hall–Kier alpha value is -5.17. The molecule has 4 N–H and O–H groups in total. The molecule has 0 aromatic heterocycles.